The van der Waals surface area contributed by atoms with E-state index < -0.39 is 0 Å². The molecule has 1 saturated carbocycles. The third kappa shape index (κ3) is 4.08. The van der Waals surface area contributed by atoms with Crippen molar-refractivity contribution < 1.29 is 19.1 Å². The second-order valence-corrected chi connectivity index (χ2v) is 8.82. The average molecular weight is 418 g/mol. The summed E-state index contributed by atoms with van der Waals surface area (Å²) in [5.74, 6) is 0.849. The van der Waals surface area contributed by atoms with E-state index in [0.717, 1.165) is 19.4 Å². The van der Waals surface area contributed by atoms with Gasteiger partial charge in [-0.2, -0.15) is 0 Å². The molecule has 2 aliphatic carbocycles. The molecule has 30 heavy (non-hydrogen) atoms. The van der Waals surface area contributed by atoms with Gasteiger partial charge in [0.1, 0.15) is 6.54 Å². The summed E-state index contributed by atoms with van der Waals surface area (Å²) in [7, 11) is 3.38. The number of allylic oxidation sites excluding steroid dienone is 2. The number of amides is 3. The van der Waals surface area contributed by atoms with Gasteiger partial charge in [0, 0.05) is 46.3 Å². The highest BCUT2D eigenvalue weighted by Gasteiger charge is 2.58. The molecular weight excluding hydrogens is 386 g/mol. The van der Waals surface area contributed by atoms with E-state index in [1.807, 2.05) is 0 Å². The van der Waals surface area contributed by atoms with E-state index in [-0.39, 0.29) is 47.9 Å². The molecule has 4 rings (SSSR count). The van der Waals surface area contributed by atoms with E-state index >= 15 is 0 Å². The number of imide groups is 1. The van der Waals surface area contributed by atoms with Crippen LogP contribution in [0.5, 0.6) is 0 Å². The zero-order chi connectivity index (χ0) is 21.3. The molecule has 2 aliphatic heterocycles. The largest absolute Gasteiger partial charge is 0.381 e. The number of guanidine groups is 1. The van der Waals surface area contributed by atoms with Gasteiger partial charge < -0.3 is 20.3 Å². The maximum atomic E-state index is 12.8. The van der Waals surface area contributed by atoms with Crippen molar-refractivity contribution in [1.82, 2.24) is 20.4 Å². The molecule has 9 nitrogen and oxygen atoms in total. The normalized spacial score (nSPS) is 32.1. The molecule has 0 radical (unpaired) electrons. The first-order valence-corrected chi connectivity index (χ1v) is 10.8. The quantitative estimate of drug-likeness (QED) is 0.249. The number of likely N-dealkylation sites (N-methyl/N-ethyl adjacent to an activating group) is 1. The summed E-state index contributed by atoms with van der Waals surface area (Å²) >= 11 is 0. The highest BCUT2D eigenvalue weighted by atomic mass is 16.5. The second-order valence-electron chi connectivity index (χ2n) is 8.82. The molecule has 0 aromatic rings. The zero-order valence-corrected chi connectivity index (χ0v) is 17.7. The summed E-state index contributed by atoms with van der Waals surface area (Å²) in [6, 6.07) is 0. The van der Waals surface area contributed by atoms with Crippen molar-refractivity contribution >= 4 is 23.7 Å². The first-order chi connectivity index (χ1) is 14.5. The van der Waals surface area contributed by atoms with Gasteiger partial charge in [-0.15, -0.1) is 0 Å². The first kappa shape index (κ1) is 20.8. The monoisotopic (exact) mass is 417 g/mol. The maximum Gasteiger partial charge on any atom is 0.243 e. The lowest BCUT2D eigenvalue weighted by Crippen LogP contribution is -2.45. The Morgan fingerprint density at radius 3 is 2.50 bits per heavy atom. The van der Waals surface area contributed by atoms with Gasteiger partial charge in [0.05, 0.1) is 18.4 Å². The molecule has 4 aliphatic rings. The molecule has 3 amide bonds. The fraction of sp³-hybridized carbons (Fsp3) is 0.714. The molecular formula is C21H31N5O4. The smallest absolute Gasteiger partial charge is 0.243 e. The predicted octanol–water partition coefficient (Wildman–Crippen LogP) is -0.547. The Balaban J connectivity index is 1.31. The third-order valence-corrected chi connectivity index (χ3v) is 6.64. The number of nitrogens with zero attached hydrogens (tertiary/aromatic N) is 3. The van der Waals surface area contributed by atoms with E-state index in [1.54, 1.807) is 14.1 Å². The van der Waals surface area contributed by atoms with Crippen molar-refractivity contribution in [3.63, 3.8) is 0 Å². The number of ether oxygens (including phenoxy) is 1. The number of hydrogen-bond acceptors (Lipinski definition) is 5. The van der Waals surface area contributed by atoms with Gasteiger partial charge in [-0.25, -0.2) is 4.99 Å². The van der Waals surface area contributed by atoms with Crippen LogP contribution in [-0.2, 0) is 19.1 Å². The summed E-state index contributed by atoms with van der Waals surface area (Å²) in [5, 5.41) is 6.43. The van der Waals surface area contributed by atoms with Crippen molar-refractivity contribution in [2.75, 3.05) is 53.5 Å². The molecule has 0 spiro atoms. The molecule has 2 heterocycles. The van der Waals surface area contributed by atoms with E-state index in [0.29, 0.717) is 38.1 Å². The van der Waals surface area contributed by atoms with Gasteiger partial charge in [-0.3, -0.25) is 19.3 Å². The van der Waals surface area contributed by atoms with Crippen LogP contribution in [0, 0.1) is 29.6 Å². The van der Waals surface area contributed by atoms with Crippen LogP contribution in [0.15, 0.2) is 17.1 Å². The summed E-state index contributed by atoms with van der Waals surface area (Å²) in [6.45, 7) is 2.91. The van der Waals surface area contributed by atoms with Crippen LogP contribution in [0.25, 0.3) is 0 Å². The fourth-order valence-corrected chi connectivity index (χ4v) is 4.92. The highest BCUT2D eigenvalue weighted by molar-refractivity contribution is 6.06. The Labute approximate surface area is 176 Å². The van der Waals surface area contributed by atoms with Crippen LogP contribution in [-0.4, -0.2) is 87.0 Å². The van der Waals surface area contributed by atoms with Crippen molar-refractivity contribution in [3.8, 4) is 0 Å². The summed E-state index contributed by atoms with van der Waals surface area (Å²) in [4.78, 5) is 44.7. The Hall–Kier alpha value is -2.42. The molecule has 2 N–H and O–H groups in total. The van der Waals surface area contributed by atoms with Crippen LogP contribution in [0.4, 0.5) is 0 Å². The number of nitrogens with one attached hydrogen (secondary N) is 2. The van der Waals surface area contributed by atoms with Crippen LogP contribution in [0.2, 0.25) is 0 Å². The topological polar surface area (TPSA) is 103 Å². The summed E-state index contributed by atoms with van der Waals surface area (Å²) in [6.07, 6.45) is 6.13. The number of hydrogen-bond donors (Lipinski definition) is 2. The van der Waals surface area contributed by atoms with Crippen molar-refractivity contribution in [3.05, 3.63) is 12.2 Å². The molecule has 3 fully saturated rings. The SMILES string of the molecule is CN(C)C(=O)CN=C(NCCN1C(=O)C2C3C=CC(C3)C2C1=O)NCC1CCOC1. The first-order valence-electron chi connectivity index (χ1n) is 10.8. The van der Waals surface area contributed by atoms with Gasteiger partial charge in [-0.1, -0.05) is 12.2 Å². The molecule has 0 aromatic carbocycles. The van der Waals surface area contributed by atoms with Gasteiger partial charge in [0.15, 0.2) is 5.96 Å². The van der Waals surface area contributed by atoms with E-state index in [2.05, 4.69) is 27.8 Å². The number of fused-ring (bicyclic) bond motifs is 5. The van der Waals surface area contributed by atoms with Crippen molar-refractivity contribution in [2.24, 2.45) is 34.6 Å². The molecule has 9 heteroatoms. The van der Waals surface area contributed by atoms with E-state index in [4.69, 9.17) is 4.74 Å². The number of aliphatic imine (C=N–C) groups is 1. The lowest BCUT2D eigenvalue weighted by atomic mass is 9.85. The Bertz CT molecular complexity index is 728. The Kier molecular flexibility index (Phi) is 6.08. The number of carbonyl (C=O) groups excluding carboxylic acids is 3. The fourth-order valence-electron chi connectivity index (χ4n) is 4.92. The zero-order valence-electron chi connectivity index (χ0n) is 17.7. The van der Waals surface area contributed by atoms with Crippen LogP contribution >= 0.6 is 0 Å². The second kappa shape index (κ2) is 8.75. The van der Waals surface area contributed by atoms with Gasteiger partial charge >= 0.3 is 0 Å². The van der Waals surface area contributed by atoms with Crippen molar-refractivity contribution in [1.29, 1.82) is 0 Å². The third-order valence-electron chi connectivity index (χ3n) is 6.64. The number of rotatable bonds is 7. The van der Waals surface area contributed by atoms with Gasteiger partial charge in [-0.05, 0) is 24.7 Å². The number of carbonyl (C=O) groups is 3. The molecule has 164 valence electrons. The summed E-state index contributed by atoms with van der Waals surface area (Å²) in [5.41, 5.74) is 0. The van der Waals surface area contributed by atoms with Gasteiger partial charge in [0.25, 0.3) is 0 Å². The standard InChI is InChI=1S/C21H31N5O4/c1-25(2)16(27)11-24-21(23-10-13-5-8-30-12-13)22-6-7-26-19(28)17-14-3-4-15(9-14)18(17)20(26)29/h3-4,13-15,17-18H,5-12H2,1-2H3,(H2,22,23,24). The Morgan fingerprint density at radius 1 is 1.20 bits per heavy atom. The predicted molar refractivity (Wildman–Crippen MR) is 110 cm³/mol. The molecule has 5 atom stereocenters. The molecule has 2 saturated heterocycles. The minimum Gasteiger partial charge on any atom is -0.381 e. The van der Waals surface area contributed by atoms with Crippen LogP contribution in [0.3, 0.4) is 0 Å². The minimum absolute atomic E-state index is 0.0320. The minimum atomic E-state index is -0.168. The molecule has 5 unspecified atom stereocenters. The Morgan fingerprint density at radius 2 is 1.90 bits per heavy atom. The van der Waals surface area contributed by atoms with E-state index in [9.17, 15) is 14.4 Å². The lowest BCUT2D eigenvalue weighted by molar-refractivity contribution is -0.140. The average Bonchev–Trinajstić information content (AvgIpc) is 3.50. The maximum absolute atomic E-state index is 12.8. The molecule has 0 aromatic heterocycles. The summed E-state index contributed by atoms with van der Waals surface area (Å²) < 4.78 is 5.40. The van der Waals surface area contributed by atoms with Crippen LogP contribution < -0.4 is 10.6 Å². The highest BCUT2D eigenvalue weighted by Crippen LogP contribution is 2.52. The van der Waals surface area contributed by atoms with Crippen LogP contribution in [0.1, 0.15) is 12.8 Å². The van der Waals surface area contributed by atoms with Gasteiger partial charge in [0.2, 0.25) is 17.7 Å². The number of likely N-dealkylation sites (tertiary alicyclic amines) is 1. The van der Waals surface area contributed by atoms with E-state index in [1.165, 1.54) is 9.80 Å². The molecule has 2 bridgehead atoms. The van der Waals surface area contributed by atoms with Crippen molar-refractivity contribution in [2.45, 2.75) is 12.8 Å². The lowest BCUT2D eigenvalue weighted by Gasteiger charge is -2.19.